The summed E-state index contributed by atoms with van der Waals surface area (Å²) in [6, 6.07) is 8.80. The second-order valence-corrected chi connectivity index (χ2v) is 9.30. The van der Waals surface area contributed by atoms with Crippen LogP contribution in [0, 0.1) is 7.14 Å². The fraction of sp³-hybridized carbons (Fsp3) is 0.150. The van der Waals surface area contributed by atoms with Crippen LogP contribution in [0.15, 0.2) is 44.3 Å². The molecular weight excluding hydrogens is 698 g/mol. The van der Waals surface area contributed by atoms with Crippen molar-refractivity contribution in [2.45, 2.75) is 6.92 Å². The summed E-state index contributed by atoms with van der Waals surface area (Å²) in [4.78, 5) is 23.2. The van der Waals surface area contributed by atoms with Gasteiger partial charge in [0.05, 0.1) is 20.0 Å². The highest BCUT2D eigenvalue weighted by molar-refractivity contribution is 14.1. The van der Waals surface area contributed by atoms with E-state index in [1.807, 2.05) is 41.6 Å². The summed E-state index contributed by atoms with van der Waals surface area (Å²) in [7, 11) is 0. The summed E-state index contributed by atoms with van der Waals surface area (Å²) in [6.07, 6.45) is 1.45. The zero-order valence-corrected chi connectivity index (χ0v) is 21.8. The number of hydrogen-bond donors (Lipinski definition) is 2. The third-order valence-corrected chi connectivity index (χ3v) is 5.87. The Morgan fingerprint density at radius 1 is 1.19 bits per heavy atom. The molecule has 162 valence electrons. The molecule has 1 amide bonds. The van der Waals surface area contributed by atoms with Crippen molar-refractivity contribution in [1.29, 1.82) is 0 Å². The number of carboxylic acid groups (broad SMARTS) is 1. The van der Waals surface area contributed by atoms with Crippen LogP contribution in [0.1, 0.15) is 23.0 Å². The van der Waals surface area contributed by atoms with Crippen LogP contribution in [-0.2, 0) is 4.79 Å². The summed E-state index contributed by atoms with van der Waals surface area (Å²) in [5, 5.41) is 13.6. The van der Waals surface area contributed by atoms with Gasteiger partial charge in [-0.25, -0.2) is 10.2 Å². The first-order chi connectivity index (χ1) is 14.8. The molecule has 1 aromatic heterocycles. The van der Waals surface area contributed by atoms with E-state index in [0.29, 0.717) is 32.8 Å². The number of fused-ring (bicyclic) bond motifs is 1. The van der Waals surface area contributed by atoms with E-state index < -0.39 is 18.5 Å². The standard InChI is InChI=1S/C20H15BrI2N2O6/c1-2-29-15-4-10(3-13(22)19(15)30-9-17(26)27)8-24-25-20(28)16-6-11-5-12(21)7-14(23)18(11)31-16/h3-8H,2,9H2,1H3,(H,25,28)(H,26,27)/b24-8-. The summed E-state index contributed by atoms with van der Waals surface area (Å²) in [6.45, 7) is 1.70. The molecule has 0 unspecified atom stereocenters. The lowest BCUT2D eigenvalue weighted by Gasteiger charge is -2.13. The van der Waals surface area contributed by atoms with Crippen LogP contribution in [0.2, 0.25) is 0 Å². The van der Waals surface area contributed by atoms with Gasteiger partial charge in [0.2, 0.25) is 0 Å². The number of ether oxygens (including phenoxy) is 2. The molecule has 3 aromatic rings. The number of benzene rings is 2. The third kappa shape index (κ3) is 6.10. The van der Waals surface area contributed by atoms with Crippen molar-refractivity contribution < 1.29 is 28.6 Å². The fourth-order valence-corrected chi connectivity index (χ4v) is 5.05. The maximum Gasteiger partial charge on any atom is 0.341 e. The van der Waals surface area contributed by atoms with Gasteiger partial charge in [-0.2, -0.15) is 5.10 Å². The Labute approximate surface area is 212 Å². The lowest BCUT2D eigenvalue weighted by Crippen LogP contribution is -2.16. The number of carbonyl (C=O) groups is 2. The Morgan fingerprint density at radius 2 is 1.97 bits per heavy atom. The number of nitrogens with one attached hydrogen (secondary N) is 1. The largest absolute Gasteiger partial charge is 0.490 e. The number of rotatable bonds is 8. The average Bonchev–Trinajstić information content (AvgIpc) is 3.12. The van der Waals surface area contributed by atoms with Crippen molar-refractivity contribution in [1.82, 2.24) is 5.43 Å². The number of carbonyl (C=O) groups excluding carboxylic acids is 1. The molecule has 0 saturated heterocycles. The summed E-state index contributed by atoms with van der Waals surface area (Å²) < 4.78 is 18.9. The molecular formula is C20H15BrI2N2O6. The van der Waals surface area contributed by atoms with E-state index in [1.54, 1.807) is 18.2 Å². The van der Waals surface area contributed by atoms with Crippen LogP contribution in [-0.4, -0.2) is 36.4 Å². The molecule has 1 heterocycles. The Kier molecular flexibility index (Phi) is 8.16. The number of carboxylic acids is 1. The molecule has 0 atom stereocenters. The first-order valence-corrected chi connectivity index (χ1v) is 11.8. The van der Waals surface area contributed by atoms with Gasteiger partial charge < -0.3 is 19.0 Å². The van der Waals surface area contributed by atoms with E-state index in [9.17, 15) is 9.59 Å². The minimum absolute atomic E-state index is 0.144. The molecule has 0 radical (unpaired) electrons. The van der Waals surface area contributed by atoms with Gasteiger partial charge in [0.1, 0.15) is 5.58 Å². The minimum atomic E-state index is -1.08. The van der Waals surface area contributed by atoms with Crippen molar-refractivity contribution in [2.75, 3.05) is 13.2 Å². The molecule has 0 fully saturated rings. The lowest BCUT2D eigenvalue weighted by molar-refractivity contribution is -0.139. The molecule has 31 heavy (non-hydrogen) atoms. The highest BCUT2D eigenvalue weighted by Gasteiger charge is 2.15. The highest BCUT2D eigenvalue weighted by atomic mass is 127. The van der Waals surface area contributed by atoms with Crippen LogP contribution in [0.3, 0.4) is 0 Å². The normalized spacial score (nSPS) is 11.1. The van der Waals surface area contributed by atoms with Gasteiger partial charge in [-0.05, 0) is 88.0 Å². The average molecular weight is 713 g/mol. The first-order valence-electron chi connectivity index (χ1n) is 8.81. The van der Waals surface area contributed by atoms with Gasteiger partial charge in [-0.3, -0.25) is 4.79 Å². The van der Waals surface area contributed by atoms with Crippen molar-refractivity contribution in [3.05, 3.63) is 53.3 Å². The molecule has 8 nitrogen and oxygen atoms in total. The van der Waals surface area contributed by atoms with Gasteiger partial charge in [0.15, 0.2) is 23.9 Å². The number of halogens is 3. The molecule has 11 heteroatoms. The van der Waals surface area contributed by atoms with Crippen LogP contribution in [0.4, 0.5) is 0 Å². The number of hydrazone groups is 1. The van der Waals surface area contributed by atoms with Crippen LogP contribution in [0.5, 0.6) is 11.5 Å². The third-order valence-electron chi connectivity index (χ3n) is 3.81. The first kappa shape index (κ1) is 23.8. The van der Waals surface area contributed by atoms with E-state index in [2.05, 4.69) is 49.0 Å². The number of aliphatic carboxylic acids is 1. The minimum Gasteiger partial charge on any atom is -0.490 e. The summed E-state index contributed by atoms with van der Waals surface area (Å²) >= 11 is 7.58. The zero-order chi connectivity index (χ0) is 22.5. The SMILES string of the molecule is CCOc1cc(/C=N\NC(=O)c2cc3cc(Br)cc(I)c3o2)cc(I)c1OCC(=O)O. The van der Waals surface area contributed by atoms with E-state index in [-0.39, 0.29) is 5.76 Å². The molecule has 0 saturated carbocycles. The molecule has 0 bridgehead atoms. The molecule has 0 aliphatic rings. The van der Waals surface area contributed by atoms with E-state index >= 15 is 0 Å². The zero-order valence-electron chi connectivity index (χ0n) is 15.9. The maximum atomic E-state index is 12.4. The van der Waals surface area contributed by atoms with Crippen LogP contribution < -0.4 is 14.9 Å². The highest BCUT2D eigenvalue weighted by Crippen LogP contribution is 2.34. The van der Waals surface area contributed by atoms with Crippen molar-refractivity contribution >= 4 is 90.2 Å². The van der Waals surface area contributed by atoms with E-state index in [1.165, 1.54) is 6.21 Å². The van der Waals surface area contributed by atoms with Crippen molar-refractivity contribution in [3.8, 4) is 11.5 Å². The van der Waals surface area contributed by atoms with Gasteiger partial charge in [0.25, 0.3) is 0 Å². The summed E-state index contributed by atoms with van der Waals surface area (Å²) in [5.74, 6) is -0.695. The maximum absolute atomic E-state index is 12.4. The van der Waals surface area contributed by atoms with Crippen molar-refractivity contribution in [3.63, 3.8) is 0 Å². The number of amides is 1. The number of hydrogen-bond acceptors (Lipinski definition) is 6. The van der Waals surface area contributed by atoms with E-state index in [0.717, 1.165) is 13.4 Å². The van der Waals surface area contributed by atoms with Crippen LogP contribution >= 0.6 is 61.1 Å². The smallest absolute Gasteiger partial charge is 0.341 e. The Balaban J connectivity index is 1.76. The second kappa shape index (κ2) is 10.6. The fourth-order valence-electron chi connectivity index (χ4n) is 2.61. The predicted molar refractivity (Wildman–Crippen MR) is 135 cm³/mol. The second-order valence-electron chi connectivity index (χ2n) is 6.06. The Bertz CT molecular complexity index is 1180. The Hall–Kier alpha value is -1.87. The van der Waals surface area contributed by atoms with Gasteiger partial charge in [0, 0.05) is 9.86 Å². The monoisotopic (exact) mass is 712 g/mol. The van der Waals surface area contributed by atoms with Crippen LogP contribution in [0.25, 0.3) is 11.0 Å². The molecule has 0 spiro atoms. The van der Waals surface area contributed by atoms with Gasteiger partial charge in [-0.1, -0.05) is 15.9 Å². The molecule has 0 aliphatic carbocycles. The lowest BCUT2D eigenvalue weighted by atomic mass is 10.2. The van der Waals surface area contributed by atoms with Crippen molar-refractivity contribution in [2.24, 2.45) is 5.10 Å². The molecule has 2 N–H and O–H groups in total. The summed E-state index contributed by atoms with van der Waals surface area (Å²) in [5.41, 5.74) is 3.71. The molecule has 2 aromatic carbocycles. The topological polar surface area (TPSA) is 110 Å². The Morgan fingerprint density at radius 3 is 2.68 bits per heavy atom. The molecule has 3 rings (SSSR count). The molecule has 0 aliphatic heterocycles. The van der Waals surface area contributed by atoms with Gasteiger partial charge >= 0.3 is 11.9 Å². The quantitative estimate of drug-likeness (QED) is 0.193. The van der Waals surface area contributed by atoms with Gasteiger partial charge in [-0.15, -0.1) is 0 Å². The number of furan rings is 1. The predicted octanol–water partition coefficient (Wildman–Crippen LogP) is 5.03. The van der Waals surface area contributed by atoms with E-state index in [4.69, 9.17) is 19.0 Å². The number of nitrogens with zero attached hydrogens (tertiary/aromatic N) is 1.